The van der Waals surface area contributed by atoms with Crippen LogP contribution in [-0.4, -0.2) is 29.8 Å². The Morgan fingerprint density at radius 1 is 1.40 bits per heavy atom. The summed E-state index contributed by atoms with van der Waals surface area (Å²) in [6.45, 7) is 0. The molecule has 0 aromatic heterocycles. The summed E-state index contributed by atoms with van der Waals surface area (Å²) in [5.74, 6) is -0.264. The van der Waals surface area contributed by atoms with Crippen molar-refractivity contribution in [3.8, 4) is 0 Å². The van der Waals surface area contributed by atoms with Crippen molar-refractivity contribution in [2.45, 2.75) is 0 Å². The third kappa shape index (κ3) is 2.76. The first-order valence-electron chi connectivity index (χ1n) is 4.08. The molecule has 0 aliphatic rings. The number of hydrogen-bond donors (Lipinski definition) is 0. The van der Waals surface area contributed by atoms with E-state index in [0.717, 1.165) is 0 Å². The third-order valence-electron chi connectivity index (χ3n) is 1.75. The minimum Gasteiger partial charge on any atom is -0.345 e. The highest BCUT2D eigenvalue weighted by Gasteiger charge is 2.14. The quantitative estimate of drug-likeness (QED) is 0.612. The zero-order valence-corrected chi connectivity index (χ0v) is 9.82. The van der Waals surface area contributed by atoms with Crippen molar-refractivity contribution in [1.29, 1.82) is 0 Å². The van der Waals surface area contributed by atoms with E-state index >= 15 is 0 Å². The predicted molar refractivity (Wildman–Crippen MR) is 58.8 cm³/mol. The number of hydrogen-bond acceptors (Lipinski definition) is 3. The van der Waals surface area contributed by atoms with Gasteiger partial charge in [-0.15, -0.1) is 0 Å². The average Bonchev–Trinajstić information content (AvgIpc) is 2.15. The van der Waals surface area contributed by atoms with Gasteiger partial charge in [-0.1, -0.05) is 15.9 Å². The summed E-state index contributed by atoms with van der Waals surface area (Å²) in [4.78, 5) is 22.9. The van der Waals surface area contributed by atoms with Crippen molar-refractivity contribution < 1.29 is 9.72 Å². The Morgan fingerprint density at radius 2 is 2.00 bits per heavy atom. The van der Waals surface area contributed by atoms with E-state index < -0.39 is 4.92 Å². The molecule has 1 amide bonds. The van der Waals surface area contributed by atoms with E-state index in [9.17, 15) is 14.9 Å². The summed E-state index contributed by atoms with van der Waals surface area (Å²) in [7, 11) is 3.18. The second-order valence-electron chi connectivity index (χ2n) is 3.15. The monoisotopic (exact) mass is 272 g/mol. The van der Waals surface area contributed by atoms with Gasteiger partial charge in [0.05, 0.1) is 4.92 Å². The smallest absolute Gasteiger partial charge is 0.271 e. The van der Waals surface area contributed by atoms with Crippen molar-refractivity contribution >= 4 is 27.5 Å². The van der Waals surface area contributed by atoms with Crippen molar-refractivity contribution in [2.75, 3.05) is 14.1 Å². The number of rotatable bonds is 2. The zero-order valence-electron chi connectivity index (χ0n) is 8.23. The number of amides is 1. The zero-order chi connectivity index (χ0) is 11.6. The van der Waals surface area contributed by atoms with Crippen LogP contribution < -0.4 is 0 Å². The van der Waals surface area contributed by atoms with Crippen molar-refractivity contribution in [2.24, 2.45) is 0 Å². The number of carbonyl (C=O) groups is 1. The molecule has 6 heteroatoms. The van der Waals surface area contributed by atoms with Crippen LogP contribution in [0.3, 0.4) is 0 Å². The van der Waals surface area contributed by atoms with E-state index in [1.165, 1.54) is 17.0 Å². The number of nitro groups is 1. The summed E-state index contributed by atoms with van der Waals surface area (Å²) in [6, 6.07) is 4.16. The highest BCUT2D eigenvalue weighted by Crippen LogP contribution is 2.21. The van der Waals surface area contributed by atoms with Crippen molar-refractivity contribution in [3.63, 3.8) is 0 Å². The molecule has 0 radical (unpaired) electrons. The third-order valence-corrected chi connectivity index (χ3v) is 2.20. The molecule has 0 spiro atoms. The molecule has 5 nitrogen and oxygen atoms in total. The Labute approximate surface area is 95.0 Å². The van der Waals surface area contributed by atoms with Crippen LogP contribution in [0.4, 0.5) is 5.69 Å². The lowest BCUT2D eigenvalue weighted by Crippen LogP contribution is -2.21. The van der Waals surface area contributed by atoms with E-state index in [1.807, 2.05) is 0 Å². The van der Waals surface area contributed by atoms with Gasteiger partial charge >= 0.3 is 0 Å². The van der Waals surface area contributed by atoms with E-state index in [1.54, 1.807) is 20.2 Å². The van der Waals surface area contributed by atoms with Gasteiger partial charge in [0.15, 0.2) is 0 Å². The fourth-order valence-electron chi connectivity index (χ4n) is 1.06. The minimum atomic E-state index is -0.531. The van der Waals surface area contributed by atoms with Gasteiger partial charge in [-0.3, -0.25) is 14.9 Å². The van der Waals surface area contributed by atoms with Gasteiger partial charge in [0, 0.05) is 36.3 Å². The molecule has 0 atom stereocenters. The number of benzene rings is 1. The van der Waals surface area contributed by atoms with Crippen LogP contribution in [0.1, 0.15) is 10.4 Å². The molecule has 0 aliphatic carbocycles. The van der Waals surface area contributed by atoms with Crippen LogP contribution in [-0.2, 0) is 0 Å². The summed E-state index contributed by atoms with van der Waals surface area (Å²) in [6.07, 6.45) is 0. The topological polar surface area (TPSA) is 63.5 Å². The molecular formula is C9H9BrN2O3. The molecule has 0 N–H and O–H groups in total. The largest absolute Gasteiger partial charge is 0.345 e. The molecule has 0 unspecified atom stereocenters. The second-order valence-corrected chi connectivity index (χ2v) is 4.07. The predicted octanol–water partition coefficient (Wildman–Crippen LogP) is 2.06. The maximum Gasteiger partial charge on any atom is 0.271 e. The highest BCUT2D eigenvalue weighted by molar-refractivity contribution is 9.10. The van der Waals surface area contributed by atoms with Gasteiger partial charge in [0.25, 0.3) is 11.6 Å². The normalized spacial score (nSPS) is 9.80. The van der Waals surface area contributed by atoms with E-state index in [0.29, 0.717) is 10.0 Å². The number of non-ortho nitro benzene ring substituents is 1. The van der Waals surface area contributed by atoms with E-state index in [2.05, 4.69) is 15.9 Å². The van der Waals surface area contributed by atoms with Crippen molar-refractivity contribution in [1.82, 2.24) is 4.90 Å². The molecule has 0 aliphatic heterocycles. The molecule has 0 saturated carbocycles. The van der Waals surface area contributed by atoms with Crippen LogP contribution in [0.25, 0.3) is 0 Å². The van der Waals surface area contributed by atoms with Crippen LogP contribution in [0.2, 0.25) is 0 Å². The first-order chi connectivity index (χ1) is 6.91. The molecule has 1 aromatic rings. The van der Waals surface area contributed by atoms with Gasteiger partial charge in [-0.05, 0) is 6.07 Å². The van der Waals surface area contributed by atoms with Crippen LogP contribution >= 0.6 is 15.9 Å². The molecule has 0 saturated heterocycles. The van der Waals surface area contributed by atoms with Gasteiger partial charge in [0.2, 0.25) is 0 Å². The highest BCUT2D eigenvalue weighted by atomic mass is 79.9. The Hall–Kier alpha value is -1.43. The van der Waals surface area contributed by atoms with Gasteiger partial charge in [-0.25, -0.2) is 0 Å². The summed E-state index contributed by atoms with van der Waals surface area (Å²) < 4.78 is 0.516. The fourth-order valence-corrected chi connectivity index (χ4v) is 1.54. The van der Waals surface area contributed by atoms with Crippen LogP contribution in [0.5, 0.6) is 0 Å². The number of nitrogens with zero attached hydrogens (tertiary/aromatic N) is 2. The molecular weight excluding hydrogens is 264 g/mol. The lowest BCUT2D eigenvalue weighted by atomic mass is 10.2. The SMILES string of the molecule is CN(C)C(=O)c1cc(Br)cc([N+](=O)[O-])c1. The Bertz CT molecular complexity index is 418. The summed E-state index contributed by atoms with van der Waals surface area (Å²) in [5, 5.41) is 10.6. The fraction of sp³-hybridized carbons (Fsp3) is 0.222. The molecule has 80 valence electrons. The van der Waals surface area contributed by atoms with E-state index in [-0.39, 0.29) is 11.6 Å². The molecule has 0 bridgehead atoms. The maximum atomic E-state index is 11.6. The first-order valence-corrected chi connectivity index (χ1v) is 4.87. The van der Waals surface area contributed by atoms with Crippen molar-refractivity contribution in [3.05, 3.63) is 38.3 Å². The minimum absolute atomic E-state index is 0.102. The molecule has 0 fully saturated rings. The Balaban J connectivity index is 3.20. The average molecular weight is 273 g/mol. The number of halogens is 1. The molecule has 15 heavy (non-hydrogen) atoms. The first kappa shape index (κ1) is 11.6. The molecule has 0 heterocycles. The Kier molecular flexibility index (Phi) is 3.41. The van der Waals surface area contributed by atoms with Crippen LogP contribution in [0.15, 0.2) is 22.7 Å². The molecule has 1 aromatic carbocycles. The summed E-state index contributed by atoms with van der Waals surface area (Å²) >= 11 is 3.12. The van der Waals surface area contributed by atoms with Gasteiger partial charge in [0.1, 0.15) is 0 Å². The van der Waals surface area contributed by atoms with Gasteiger partial charge < -0.3 is 4.90 Å². The van der Waals surface area contributed by atoms with E-state index in [4.69, 9.17) is 0 Å². The molecule has 1 rings (SSSR count). The lowest BCUT2D eigenvalue weighted by molar-refractivity contribution is -0.385. The standard InChI is InChI=1S/C9H9BrN2O3/c1-11(2)9(13)6-3-7(10)5-8(4-6)12(14)15/h3-5H,1-2H3. The Morgan fingerprint density at radius 3 is 2.47 bits per heavy atom. The summed E-state index contributed by atoms with van der Waals surface area (Å²) in [5.41, 5.74) is 0.190. The second kappa shape index (κ2) is 4.39. The lowest BCUT2D eigenvalue weighted by Gasteiger charge is -2.09. The van der Waals surface area contributed by atoms with Crippen LogP contribution in [0, 0.1) is 10.1 Å². The number of nitro benzene ring substituents is 1. The van der Waals surface area contributed by atoms with Gasteiger partial charge in [-0.2, -0.15) is 0 Å². The number of carbonyl (C=O) groups excluding carboxylic acids is 1. The maximum absolute atomic E-state index is 11.6.